The van der Waals surface area contributed by atoms with Gasteiger partial charge in [0.2, 0.25) is 5.13 Å². The third-order valence-corrected chi connectivity index (χ3v) is 4.90. The molecule has 1 saturated heterocycles. The summed E-state index contributed by atoms with van der Waals surface area (Å²) in [5.74, 6) is 1.88. The van der Waals surface area contributed by atoms with Crippen LogP contribution >= 0.6 is 11.3 Å². The molecule has 1 aliphatic rings. The van der Waals surface area contributed by atoms with E-state index in [0.717, 1.165) is 42.0 Å². The Hall–Kier alpha value is -1.69. The lowest BCUT2D eigenvalue weighted by Crippen LogP contribution is -2.21. The summed E-state index contributed by atoms with van der Waals surface area (Å²) in [6.45, 7) is 7.09. The predicted molar refractivity (Wildman–Crippen MR) is 84.1 cm³/mol. The minimum absolute atomic E-state index is 0.449. The molecule has 0 saturated carbocycles. The number of ether oxygens (including phenoxy) is 1. The fraction of sp³-hybridized carbons (Fsp3) is 0.533. The van der Waals surface area contributed by atoms with E-state index in [4.69, 9.17) is 4.74 Å². The van der Waals surface area contributed by atoms with Crippen molar-refractivity contribution in [1.29, 1.82) is 0 Å². The van der Waals surface area contributed by atoms with Crippen molar-refractivity contribution in [2.45, 2.75) is 26.2 Å². The van der Waals surface area contributed by atoms with Crippen LogP contribution < -0.4 is 9.64 Å². The molecule has 0 amide bonds. The second-order valence-corrected chi connectivity index (χ2v) is 6.66. The molecule has 0 aliphatic carbocycles. The summed E-state index contributed by atoms with van der Waals surface area (Å²) in [5.41, 5.74) is 0. The molecule has 0 radical (unpaired) electrons. The molecule has 0 bridgehead atoms. The Bertz CT molecular complexity index is 572. The van der Waals surface area contributed by atoms with Crippen LogP contribution in [0.1, 0.15) is 31.2 Å². The second-order valence-electron chi connectivity index (χ2n) is 5.67. The van der Waals surface area contributed by atoms with Crippen molar-refractivity contribution in [3.05, 3.63) is 29.5 Å². The Morgan fingerprint density at radius 3 is 2.86 bits per heavy atom. The summed E-state index contributed by atoms with van der Waals surface area (Å²) in [4.78, 5) is 6.31. The zero-order valence-corrected chi connectivity index (χ0v) is 13.2. The Labute approximate surface area is 129 Å². The third kappa shape index (κ3) is 3.50. The summed E-state index contributed by atoms with van der Waals surface area (Å²) < 4.78 is 5.82. The fourth-order valence-corrected chi connectivity index (χ4v) is 3.26. The van der Waals surface area contributed by atoms with Crippen molar-refractivity contribution in [3.8, 4) is 5.75 Å². The summed E-state index contributed by atoms with van der Waals surface area (Å²) in [7, 11) is 0. The first-order valence-corrected chi connectivity index (χ1v) is 8.15. The molecule has 0 N–H and O–H groups in total. The molecule has 21 heavy (non-hydrogen) atoms. The predicted octanol–water partition coefficient (Wildman–Crippen LogP) is 2.96. The molecule has 0 aromatic carbocycles. The lowest BCUT2D eigenvalue weighted by molar-refractivity contribution is 0.261. The summed E-state index contributed by atoms with van der Waals surface area (Å²) in [6, 6.07) is 3.79. The fourth-order valence-electron chi connectivity index (χ4n) is 2.38. The van der Waals surface area contributed by atoms with Gasteiger partial charge < -0.3 is 9.64 Å². The highest BCUT2D eigenvalue weighted by atomic mass is 32.1. The maximum atomic E-state index is 5.82. The molecule has 0 spiro atoms. The molecule has 6 heteroatoms. The third-order valence-electron chi connectivity index (χ3n) is 3.62. The Morgan fingerprint density at radius 2 is 2.14 bits per heavy atom. The Kier molecular flexibility index (Phi) is 4.34. The number of nitrogens with zero attached hydrogens (tertiary/aromatic N) is 4. The molecule has 1 atom stereocenters. The van der Waals surface area contributed by atoms with E-state index < -0.39 is 0 Å². The first kappa shape index (κ1) is 14.3. The van der Waals surface area contributed by atoms with Gasteiger partial charge in [0.15, 0.2) is 0 Å². The van der Waals surface area contributed by atoms with Gasteiger partial charge in [0.25, 0.3) is 0 Å². The molecule has 1 fully saturated rings. The van der Waals surface area contributed by atoms with Crippen molar-refractivity contribution >= 4 is 16.5 Å². The SMILES string of the molecule is CC(C)c1nnc(N2CCC(COc3ccncc3)C2)s1. The highest BCUT2D eigenvalue weighted by molar-refractivity contribution is 7.15. The number of hydrogen-bond acceptors (Lipinski definition) is 6. The Balaban J connectivity index is 1.53. The number of aromatic nitrogens is 3. The highest BCUT2D eigenvalue weighted by Crippen LogP contribution is 2.29. The number of rotatable bonds is 5. The molecule has 5 nitrogen and oxygen atoms in total. The first-order valence-electron chi connectivity index (χ1n) is 7.33. The van der Waals surface area contributed by atoms with Gasteiger partial charge in [-0.3, -0.25) is 4.98 Å². The Morgan fingerprint density at radius 1 is 1.33 bits per heavy atom. The van der Waals surface area contributed by atoms with Crippen LogP contribution in [0.25, 0.3) is 0 Å². The van der Waals surface area contributed by atoms with Crippen LogP contribution in [-0.4, -0.2) is 34.9 Å². The van der Waals surface area contributed by atoms with Crippen LogP contribution in [0.5, 0.6) is 5.75 Å². The van der Waals surface area contributed by atoms with Crippen molar-refractivity contribution in [1.82, 2.24) is 15.2 Å². The quantitative estimate of drug-likeness (QED) is 0.850. The minimum Gasteiger partial charge on any atom is -0.493 e. The molecular weight excluding hydrogens is 284 g/mol. The zero-order chi connectivity index (χ0) is 14.7. The molecule has 1 aliphatic heterocycles. The van der Waals surface area contributed by atoms with Crippen LogP contribution in [-0.2, 0) is 0 Å². The number of pyridine rings is 1. The van der Waals surface area contributed by atoms with E-state index in [1.54, 1.807) is 23.7 Å². The monoisotopic (exact) mass is 304 g/mol. The topological polar surface area (TPSA) is 51.1 Å². The number of hydrogen-bond donors (Lipinski definition) is 0. The summed E-state index contributed by atoms with van der Waals surface area (Å²) in [6.07, 6.45) is 4.65. The average molecular weight is 304 g/mol. The number of anilines is 1. The van der Waals surface area contributed by atoms with Gasteiger partial charge in [0.1, 0.15) is 10.8 Å². The van der Waals surface area contributed by atoms with E-state index in [1.807, 2.05) is 12.1 Å². The van der Waals surface area contributed by atoms with Gasteiger partial charge in [-0.2, -0.15) is 0 Å². The van der Waals surface area contributed by atoms with Crippen molar-refractivity contribution in [3.63, 3.8) is 0 Å². The largest absolute Gasteiger partial charge is 0.493 e. The summed E-state index contributed by atoms with van der Waals surface area (Å²) >= 11 is 1.71. The van der Waals surface area contributed by atoms with Gasteiger partial charge in [-0.1, -0.05) is 25.2 Å². The first-order chi connectivity index (χ1) is 10.2. The zero-order valence-electron chi connectivity index (χ0n) is 12.4. The highest BCUT2D eigenvalue weighted by Gasteiger charge is 2.26. The van der Waals surface area contributed by atoms with E-state index in [1.165, 1.54) is 0 Å². The van der Waals surface area contributed by atoms with Crippen LogP contribution in [0.15, 0.2) is 24.5 Å². The minimum atomic E-state index is 0.449. The maximum Gasteiger partial charge on any atom is 0.208 e. The van der Waals surface area contributed by atoms with E-state index in [0.29, 0.717) is 11.8 Å². The van der Waals surface area contributed by atoms with E-state index in [-0.39, 0.29) is 0 Å². The molecule has 2 aromatic rings. The lowest BCUT2D eigenvalue weighted by atomic mass is 10.1. The van der Waals surface area contributed by atoms with E-state index >= 15 is 0 Å². The molecule has 3 rings (SSSR count). The van der Waals surface area contributed by atoms with Crippen molar-refractivity contribution in [2.24, 2.45) is 5.92 Å². The van der Waals surface area contributed by atoms with Gasteiger partial charge in [0, 0.05) is 37.3 Å². The molecule has 2 aromatic heterocycles. The van der Waals surface area contributed by atoms with Gasteiger partial charge in [-0.15, -0.1) is 10.2 Å². The van der Waals surface area contributed by atoms with Crippen LogP contribution in [0.3, 0.4) is 0 Å². The van der Waals surface area contributed by atoms with Crippen molar-refractivity contribution in [2.75, 3.05) is 24.6 Å². The van der Waals surface area contributed by atoms with Gasteiger partial charge in [-0.05, 0) is 18.6 Å². The molecular formula is C15H20N4OS. The van der Waals surface area contributed by atoms with Crippen LogP contribution in [0.4, 0.5) is 5.13 Å². The average Bonchev–Trinajstić information content (AvgIpc) is 3.15. The van der Waals surface area contributed by atoms with Gasteiger partial charge in [-0.25, -0.2) is 0 Å². The molecule has 3 heterocycles. The normalized spacial score (nSPS) is 18.4. The second kappa shape index (κ2) is 6.39. The molecule has 112 valence electrons. The van der Waals surface area contributed by atoms with Crippen LogP contribution in [0.2, 0.25) is 0 Å². The van der Waals surface area contributed by atoms with Gasteiger partial charge in [0.05, 0.1) is 6.61 Å². The van der Waals surface area contributed by atoms with Gasteiger partial charge >= 0.3 is 0 Å². The van der Waals surface area contributed by atoms with Crippen LogP contribution in [0, 0.1) is 5.92 Å². The smallest absolute Gasteiger partial charge is 0.208 e. The van der Waals surface area contributed by atoms with Crippen molar-refractivity contribution < 1.29 is 4.74 Å². The van der Waals surface area contributed by atoms with E-state index in [9.17, 15) is 0 Å². The van der Waals surface area contributed by atoms with E-state index in [2.05, 4.69) is 33.9 Å². The maximum absolute atomic E-state index is 5.82. The summed E-state index contributed by atoms with van der Waals surface area (Å²) in [5, 5.41) is 10.7. The molecule has 1 unspecified atom stereocenters. The lowest BCUT2D eigenvalue weighted by Gasteiger charge is -2.14. The standard InChI is InChI=1S/C15H20N4OS/c1-11(2)14-17-18-15(21-14)19-8-5-12(9-19)10-20-13-3-6-16-7-4-13/h3-4,6-7,11-12H,5,8-10H2,1-2H3.